The molecule has 1 N–H and O–H groups in total. The van der Waals surface area contributed by atoms with Gasteiger partial charge in [-0.15, -0.1) is 0 Å². The number of aromatic nitrogens is 2. The number of anilines is 1. The molecule has 0 unspecified atom stereocenters. The van der Waals surface area contributed by atoms with Crippen LogP contribution < -0.4 is 10.2 Å². The predicted octanol–water partition coefficient (Wildman–Crippen LogP) is 1.84. The van der Waals surface area contributed by atoms with Crippen molar-refractivity contribution >= 4 is 5.82 Å². The molecule has 0 aliphatic carbocycles. The first-order chi connectivity index (χ1) is 8.26. The Labute approximate surface area is 105 Å². The second kappa shape index (κ2) is 5.60. The van der Waals surface area contributed by atoms with Gasteiger partial charge in [0.05, 0.1) is 12.1 Å². The lowest BCUT2D eigenvalue weighted by Gasteiger charge is -2.21. The van der Waals surface area contributed by atoms with Gasteiger partial charge in [-0.05, 0) is 14.0 Å². The summed E-state index contributed by atoms with van der Waals surface area (Å²) in [7, 11) is 5.19. The van der Waals surface area contributed by atoms with Crippen molar-refractivity contribution in [3.8, 4) is 0 Å². The third kappa shape index (κ3) is 3.63. The van der Waals surface area contributed by atoms with Crippen LogP contribution in [0.2, 0.25) is 0 Å². The van der Waals surface area contributed by atoms with Crippen molar-refractivity contribution in [2.45, 2.75) is 26.1 Å². The molecule has 0 atom stereocenters. The first-order valence-electron chi connectivity index (χ1n) is 5.71. The highest BCUT2D eigenvalue weighted by Crippen LogP contribution is 2.25. The number of hydrogen-bond acceptors (Lipinski definition) is 3. The first-order valence-corrected chi connectivity index (χ1v) is 5.71. The molecule has 0 saturated carbocycles. The van der Waals surface area contributed by atoms with Gasteiger partial charge in [-0.3, -0.25) is 4.68 Å². The van der Waals surface area contributed by atoms with Crippen LogP contribution in [0.3, 0.4) is 0 Å². The zero-order valence-corrected chi connectivity index (χ0v) is 11.1. The lowest BCUT2D eigenvalue weighted by Crippen LogP contribution is -2.27. The summed E-state index contributed by atoms with van der Waals surface area (Å²) in [5.74, 6) is 0.728. The number of nitrogens with one attached hydrogen (secondary N) is 1. The van der Waals surface area contributed by atoms with E-state index in [1.54, 1.807) is 30.7 Å². The fraction of sp³-hybridized carbons (Fsp3) is 0.727. The van der Waals surface area contributed by atoms with E-state index in [9.17, 15) is 13.2 Å². The van der Waals surface area contributed by atoms with Gasteiger partial charge >= 0.3 is 6.18 Å². The van der Waals surface area contributed by atoms with Crippen molar-refractivity contribution in [2.24, 2.45) is 7.05 Å². The fourth-order valence-corrected chi connectivity index (χ4v) is 1.95. The maximum atomic E-state index is 12.2. The van der Waals surface area contributed by atoms with Gasteiger partial charge in [0.25, 0.3) is 0 Å². The van der Waals surface area contributed by atoms with E-state index < -0.39 is 12.6 Å². The van der Waals surface area contributed by atoms with Crippen LogP contribution in [0.15, 0.2) is 0 Å². The van der Waals surface area contributed by atoms with Crippen molar-refractivity contribution in [2.75, 3.05) is 25.5 Å². The molecule has 0 aliphatic heterocycles. The first kappa shape index (κ1) is 14.8. The molecule has 0 saturated heterocycles. The normalized spacial score (nSPS) is 11.9. The second-order valence-corrected chi connectivity index (χ2v) is 4.33. The molecule has 7 heteroatoms. The van der Waals surface area contributed by atoms with Gasteiger partial charge in [-0.2, -0.15) is 18.3 Å². The number of alkyl halides is 3. The van der Waals surface area contributed by atoms with Gasteiger partial charge < -0.3 is 10.2 Å². The molecule has 0 aliphatic rings. The van der Waals surface area contributed by atoms with Crippen LogP contribution in [0.1, 0.15) is 17.7 Å². The smallest absolute Gasteiger partial charge is 0.359 e. The minimum atomic E-state index is -4.13. The van der Waals surface area contributed by atoms with E-state index in [4.69, 9.17) is 0 Å². The maximum Gasteiger partial charge on any atom is 0.390 e. The van der Waals surface area contributed by atoms with Crippen molar-refractivity contribution in [1.82, 2.24) is 15.1 Å². The molecule has 4 nitrogen and oxygen atoms in total. The largest absolute Gasteiger partial charge is 0.390 e. The van der Waals surface area contributed by atoms with Crippen molar-refractivity contribution in [1.29, 1.82) is 0 Å². The molecule has 0 radical (unpaired) electrons. The Morgan fingerprint density at radius 3 is 2.50 bits per heavy atom. The van der Waals surface area contributed by atoms with E-state index in [0.29, 0.717) is 6.54 Å². The quantitative estimate of drug-likeness (QED) is 0.881. The zero-order valence-electron chi connectivity index (χ0n) is 11.1. The Balaban J connectivity index is 2.87. The van der Waals surface area contributed by atoms with Crippen molar-refractivity contribution in [3.05, 3.63) is 11.3 Å². The van der Waals surface area contributed by atoms with Crippen LogP contribution in [-0.4, -0.2) is 36.6 Å². The van der Waals surface area contributed by atoms with Crippen LogP contribution >= 0.6 is 0 Å². The highest BCUT2D eigenvalue weighted by atomic mass is 19.4. The van der Waals surface area contributed by atoms with E-state index >= 15 is 0 Å². The van der Waals surface area contributed by atoms with E-state index in [2.05, 4.69) is 10.4 Å². The molecule has 1 aromatic heterocycles. The van der Waals surface area contributed by atoms with E-state index in [-0.39, 0.29) is 6.54 Å². The Morgan fingerprint density at radius 1 is 1.39 bits per heavy atom. The molecule has 0 aromatic carbocycles. The van der Waals surface area contributed by atoms with Crippen LogP contribution in [0.25, 0.3) is 0 Å². The number of aryl methyl sites for hydroxylation is 2. The van der Waals surface area contributed by atoms with E-state index in [1.807, 2.05) is 6.92 Å². The van der Waals surface area contributed by atoms with Gasteiger partial charge in [0, 0.05) is 32.7 Å². The molecule has 18 heavy (non-hydrogen) atoms. The predicted molar refractivity (Wildman–Crippen MR) is 64.7 cm³/mol. The van der Waals surface area contributed by atoms with Crippen LogP contribution in [0.4, 0.5) is 19.0 Å². The van der Waals surface area contributed by atoms with E-state index in [1.165, 1.54) is 0 Å². The fourth-order valence-electron chi connectivity index (χ4n) is 1.95. The summed E-state index contributed by atoms with van der Waals surface area (Å²) >= 11 is 0. The molecule has 1 rings (SSSR count). The molecule has 1 heterocycles. The summed E-state index contributed by atoms with van der Waals surface area (Å²) in [6.45, 7) is 2.37. The third-order valence-corrected chi connectivity index (χ3v) is 2.76. The topological polar surface area (TPSA) is 33.1 Å². The molecular weight excluding hydrogens is 245 g/mol. The highest BCUT2D eigenvalue weighted by Gasteiger charge is 2.28. The van der Waals surface area contributed by atoms with Gasteiger partial charge in [0.1, 0.15) is 5.82 Å². The average molecular weight is 264 g/mol. The molecule has 0 spiro atoms. The summed E-state index contributed by atoms with van der Waals surface area (Å²) in [4.78, 5) is 1.60. The van der Waals surface area contributed by atoms with Crippen molar-refractivity contribution < 1.29 is 13.2 Å². The minimum absolute atomic E-state index is 0.0703. The third-order valence-electron chi connectivity index (χ3n) is 2.76. The number of nitrogens with zero attached hydrogens (tertiary/aromatic N) is 3. The Kier molecular flexibility index (Phi) is 4.61. The Hall–Kier alpha value is -1.24. The monoisotopic (exact) mass is 264 g/mol. The molecular formula is C11H19F3N4. The molecule has 0 amide bonds. The van der Waals surface area contributed by atoms with Crippen LogP contribution in [0, 0.1) is 6.92 Å². The summed E-state index contributed by atoms with van der Waals surface area (Å²) in [6.07, 6.45) is -4.96. The lowest BCUT2D eigenvalue weighted by molar-refractivity contribution is -0.132. The standard InChI is InChI=1S/C11H19F3N4/c1-8-9(7-15-2)10(18(4)16-8)17(3)6-5-11(12,13)14/h15H,5-7H2,1-4H3. The summed E-state index contributed by atoms with van der Waals surface area (Å²) < 4.78 is 38.3. The summed E-state index contributed by atoms with van der Waals surface area (Å²) in [5.41, 5.74) is 1.77. The molecule has 0 fully saturated rings. The van der Waals surface area contributed by atoms with Gasteiger partial charge in [0.15, 0.2) is 0 Å². The highest BCUT2D eigenvalue weighted by molar-refractivity contribution is 5.49. The van der Waals surface area contributed by atoms with Crippen LogP contribution in [0.5, 0.6) is 0 Å². The molecule has 0 bridgehead atoms. The Bertz CT molecular complexity index is 398. The number of rotatable bonds is 5. The van der Waals surface area contributed by atoms with Crippen molar-refractivity contribution in [3.63, 3.8) is 0 Å². The molecule has 1 aromatic rings. The lowest BCUT2D eigenvalue weighted by atomic mass is 10.2. The number of hydrogen-bond donors (Lipinski definition) is 1. The zero-order chi connectivity index (χ0) is 13.9. The Morgan fingerprint density at radius 2 is 2.00 bits per heavy atom. The SMILES string of the molecule is CNCc1c(C)nn(C)c1N(C)CCC(F)(F)F. The van der Waals surface area contributed by atoms with Gasteiger partial charge in [0.2, 0.25) is 0 Å². The van der Waals surface area contributed by atoms with Gasteiger partial charge in [-0.1, -0.05) is 0 Å². The average Bonchev–Trinajstić information content (AvgIpc) is 2.50. The van der Waals surface area contributed by atoms with Crippen LogP contribution in [-0.2, 0) is 13.6 Å². The number of halogens is 3. The summed E-state index contributed by atoms with van der Waals surface area (Å²) in [6, 6.07) is 0. The molecule has 104 valence electrons. The van der Waals surface area contributed by atoms with Gasteiger partial charge in [-0.25, -0.2) is 0 Å². The van der Waals surface area contributed by atoms with E-state index in [0.717, 1.165) is 17.1 Å². The summed E-state index contributed by atoms with van der Waals surface area (Å²) in [5, 5.41) is 7.25. The second-order valence-electron chi connectivity index (χ2n) is 4.33. The maximum absolute atomic E-state index is 12.2. The minimum Gasteiger partial charge on any atom is -0.359 e.